The van der Waals surface area contributed by atoms with E-state index >= 15 is 0 Å². The van der Waals surface area contributed by atoms with E-state index in [1.807, 2.05) is 41.3 Å². The Bertz CT molecular complexity index is 764. The van der Waals surface area contributed by atoms with Crippen molar-refractivity contribution in [1.82, 2.24) is 14.8 Å². The summed E-state index contributed by atoms with van der Waals surface area (Å²) in [4.78, 5) is 22.0. The topological polar surface area (TPSA) is 60.2 Å². The first kappa shape index (κ1) is 20.0. The molecule has 2 aromatic rings. The Kier molecular flexibility index (Phi) is 7.57. The molecule has 0 saturated carbocycles. The molecule has 1 aliphatic rings. The first-order valence-electron chi connectivity index (χ1n) is 10.1. The van der Waals surface area contributed by atoms with Gasteiger partial charge in [0, 0.05) is 50.3 Å². The summed E-state index contributed by atoms with van der Waals surface area (Å²) in [6.45, 7) is 3.93. The number of hydrogen-bond acceptors (Lipinski definition) is 4. The third kappa shape index (κ3) is 5.90. The Morgan fingerprint density at radius 3 is 2.57 bits per heavy atom. The molecule has 1 saturated heterocycles. The van der Waals surface area contributed by atoms with E-state index in [4.69, 9.17) is 5.26 Å². The predicted molar refractivity (Wildman–Crippen MR) is 109 cm³/mol. The van der Waals surface area contributed by atoms with Crippen LogP contribution in [0.1, 0.15) is 30.5 Å². The summed E-state index contributed by atoms with van der Waals surface area (Å²) in [5.74, 6) is 0.325. The van der Waals surface area contributed by atoms with Gasteiger partial charge in [-0.3, -0.25) is 9.78 Å². The lowest BCUT2D eigenvalue weighted by Crippen LogP contribution is -2.43. The van der Waals surface area contributed by atoms with Gasteiger partial charge in [-0.25, -0.2) is 0 Å². The molecule has 0 aliphatic carbocycles. The maximum Gasteiger partial charge on any atom is 0.226 e. The first-order chi connectivity index (χ1) is 13.8. The smallest absolute Gasteiger partial charge is 0.226 e. The molecule has 1 fully saturated rings. The molecule has 0 radical (unpaired) electrons. The van der Waals surface area contributed by atoms with Gasteiger partial charge in [-0.1, -0.05) is 36.4 Å². The van der Waals surface area contributed by atoms with E-state index in [1.54, 1.807) is 6.20 Å². The van der Waals surface area contributed by atoms with Crippen LogP contribution in [0.4, 0.5) is 0 Å². The summed E-state index contributed by atoms with van der Waals surface area (Å²) < 4.78 is 0. The molecule has 1 amide bonds. The highest BCUT2D eigenvalue weighted by atomic mass is 16.2. The molecular formula is C23H28N4O. The fraction of sp³-hybridized carbons (Fsp3) is 0.435. The van der Waals surface area contributed by atoms with E-state index in [1.165, 1.54) is 0 Å². The molecule has 28 heavy (non-hydrogen) atoms. The molecule has 1 aliphatic heterocycles. The third-order valence-corrected chi connectivity index (χ3v) is 5.37. The molecule has 0 N–H and O–H groups in total. The van der Waals surface area contributed by atoms with E-state index in [9.17, 15) is 4.79 Å². The van der Waals surface area contributed by atoms with E-state index in [2.05, 4.69) is 28.1 Å². The lowest BCUT2D eigenvalue weighted by Gasteiger charge is -2.34. The number of aromatic nitrogens is 1. The van der Waals surface area contributed by atoms with Gasteiger partial charge in [0.05, 0.1) is 6.07 Å². The fourth-order valence-corrected chi connectivity index (χ4v) is 3.74. The Balaban J connectivity index is 1.62. The molecule has 0 bridgehead atoms. The standard InChI is InChI=1S/C23H28N4O/c24-13-6-15-26-16-10-21(11-17-26)23(28)27(19-20-7-2-1-3-8-20)18-12-22-9-4-5-14-25-22/h1-5,7-9,14,21H,6,10-12,15-19H2. The quantitative estimate of drug-likeness (QED) is 0.709. The van der Waals surface area contributed by atoms with Crippen molar-refractivity contribution in [2.45, 2.75) is 32.2 Å². The van der Waals surface area contributed by atoms with Gasteiger partial charge in [0.1, 0.15) is 0 Å². The van der Waals surface area contributed by atoms with Crippen LogP contribution in [-0.4, -0.2) is 46.9 Å². The Morgan fingerprint density at radius 1 is 1.14 bits per heavy atom. The molecule has 5 nitrogen and oxygen atoms in total. The van der Waals surface area contributed by atoms with Gasteiger partial charge in [0.15, 0.2) is 0 Å². The summed E-state index contributed by atoms with van der Waals surface area (Å²) in [5, 5.41) is 8.76. The van der Waals surface area contributed by atoms with Crippen molar-refractivity contribution >= 4 is 5.91 Å². The zero-order chi connectivity index (χ0) is 19.6. The minimum absolute atomic E-state index is 0.0748. The van der Waals surface area contributed by atoms with Gasteiger partial charge < -0.3 is 9.80 Å². The van der Waals surface area contributed by atoms with Crippen molar-refractivity contribution in [1.29, 1.82) is 5.26 Å². The van der Waals surface area contributed by atoms with E-state index < -0.39 is 0 Å². The number of likely N-dealkylation sites (tertiary alicyclic amines) is 1. The normalized spacial score (nSPS) is 15.1. The van der Waals surface area contributed by atoms with Crippen LogP contribution in [0.15, 0.2) is 54.7 Å². The number of carbonyl (C=O) groups is 1. The Morgan fingerprint density at radius 2 is 1.89 bits per heavy atom. The number of pyridine rings is 1. The van der Waals surface area contributed by atoms with Crippen LogP contribution in [0.3, 0.4) is 0 Å². The highest BCUT2D eigenvalue weighted by molar-refractivity contribution is 5.79. The molecule has 1 aromatic heterocycles. The summed E-state index contributed by atoms with van der Waals surface area (Å²) in [6, 6.07) is 18.3. The minimum atomic E-state index is 0.0748. The zero-order valence-corrected chi connectivity index (χ0v) is 16.3. The van der Waals surface area contributed by atoms with Gasteiger partial charge in [-0.15, -0.1) is 0 Å². The number of nitrogens with zero attached hydrogens (tertiary/aromatic N) is 4. The van der Waals surface area contributed by atoms with Crippen LogP contribution in [0, 0.1) is 17.2 Å². The van der Waals surface area contributed by atoms with Crippen molar-refractivity contribution in [2.24, 2.45) is 5.92 Å². The van der Waals surface area contributed by atoms with Crippen LogP contribution in [0.2, 0.25) is 0 Å². The van der Waals surface area contributed by atoms with Gasteiger partial charge in [-0.05, 0) is 43.6 Å². The molecule has 146 valence electrons. The number of amides is 1. The van der Waals surface area contributed by atoms with Gasteiger partial charge >= 0.3 is 0 Å². The number of piperidine rings is 1. The van der Waals surface area contributed by atoms with Crippen LogP contribution < -0.4 is 0 Å². The summed E-state index contributed by atoms with van der Waals surface area (Å²) in [5.41, 5.74) is 2.17. The number of rotatable bonds is 8. The van der Waals surface area contributed by atoms with E-state index in [0.717, 1.165) is 50.2 Å². The third-order valence-electron chi connectivity index (χ3n) is 5.37. The van der Waals surface area contributed by atoms with Crippen LogP contribution in [0.25, 0.3) is 0 Å². The zero-order valence-electron chi connectivity index (χ0n) is 16.3. The summed E-state index contributed by atoms with van der Waals surface area (Å²) in [7, 11) is 0. The average molecular weight is 377 g/mol. The van der Waals surface area contributed by atoms with Gasteiger partial charge in [0.2, 0.25) is 5.91 Å². The molecule has 1 aromatic carbocycles. The van der Waals surface area contributed by atoms with E-state index in [0.29, 0.717) is 19.5 Å². The molecule has 0 spiro atoms. The number of benzene rings is 1. The molecule has 0 unspecified atom stereocenters. The second-order valence-corrected chi connectivity index (χ2v) is 7.34. The van der Waals surface area contributed by atoms with Crippen LogP contribution in [0.5, 0.6) is 0 Å². The maximum atomic E-state index is 13.3. The van der Waals surface area contributed by atoms with Gasteiger partial charge in [0.25, 0.3) is 0 Å². The van der Waals surface area contributed by atoms with Crippen molar-refractivity contribution in [3.63, 3.8) is 0 Å². The SMILES string of the molecule is N#CCCN1CCC(C(=O)N(CCc2ccccn2)Cc2ccccc2)CC1. The predicted octanol–water partition coefficient (Wildman–Crippen LogP) is 3.28. The number of carbonyl (C=O) groups excluding carboxylic acids is 1. The monoisotopic (exact) mass is 376 g/mol. The first-order valence-corrected chi connectivity index (χ1v) is 10.1. The highest BCUT2D eigenvalue weighted by Crippen LogP contribution is 2.21. The second-order valence-electron chi connectivity index (χ2n) is 7.34. The largest absolute Gasteiger partial charge is 0.338 e. The lowest BCUT2D eigenvalue weighted by atomic mass is 9.94. The van der Waals surface area contributed by atoms with Crippen molar-refractivity contribution in [2.75, 3.05) is 26.2 Å². The average Bonchev–Trinajstić information content (AvgIpc) is 2.76. The molecule has 2 heterocycles. The van der Waals surface area contributed by atoms with Crippen molar-refractivity contribution < 1.29 is 4.79 Å². The summed E-state index contributed by atoms with van der Waals surface area (Å²) in [6.07, 6.45) is 4.87. The number of nitriles is 1. The second kappa shape index (κ2) is 10.6. The van der Waals surface area contributed by atoms with Crippen molar-refractivity contribution in [3.8, 4) is 6.07 Å². The number of hydrogen-bond donors (Lipinski definition) is 0. The fourth-order valence-electron chi connectivity index (χ4n) is 3.74. The molecule has 5 heteroatoms. The van der Waals surface area contributed by atoms with Crippen LogP contribution >= 0.6 is 0 Å². The molecular weight excluding hydrogens is 348 g/mol. The van der Waals surface area contributed by atoms with Crippen molar-refractivity contribution in [3.05, 3.63) is 66.0 Å². The van der Waals surface area contributed by atoms with Crippen LogP contribution in [-0.2, 0) is 17.8 Å². The summed E-state index contributed by atoms with van der Waals surface area (Å²) >= 11 is 0. The Hall–Kier alpha value is -2.71. The molecule has 0 atom stereocenters. The maximum absolute atomic E-state index is 13.3. The highest BCUT2D eigenvalue weighted by Gasteiger charge is 2.28. The van der Waals surface area contributed by atoms with Gasteiger partial charge in [-0.2, -0.15) is 5.26 Å². The minimum Gasteiger partial charge on any atom is -0.338 e. The van der Waals surface area contributed by atoms with E-state index in [-0.39, 0.29) is 11.8 Å². The lowest BCUT2D eigenvalue weighted by molar-refractivity contribution is -0.137. The molecule has 3 rings (SSSR count). The Labute approximate surface area is 167 Å².